The summed E-state index contributed by atoms with van der Waals surface area (Å²) in [4.78, 5) is 0. The molecule has 0 aromatic heterocycles. The molecule has 3 nitrogen and oxygen atoms in total. The lowest BCUT2D eigenvalue weighted by molar-refractivity contribution is 0.339. The molecule has 1 aromatic carbocycles. The average Bonchev–Trinajstić information content (AvgIpc) is 2.46. The van der Waals surface area contributed by atoms with Crippen LogP contribution in [0, 0.1) is 0 Å². The Balaban J connectivity index is 2.07. The Kier molecular flexibility index (Phi) is 5.43. The summed E-state index contributed by atoms with van der Waals surface area (Å²) in [7, 11) is 0. The molecule has 0 fully saturated rings. The molecule has 0 saturated carbocycles. The van der Waals surface area contributed by atoms with Gasteiger partial charge in [-0.05, 0) is 56.7 Å². The molecule has 104 valence electrons. The van der Waals surface area contributed by atoms with Crippen molar-refractivity contribution in [1.82, 2.24) is 5.43 Å². The standard InChI is InChI=1S/C16H24N2O/c1-2-19-15-10-6-9-14(12-15)16(18-17)11-13-7-4-3-5-8-13/h6-7,9-10,12,16,18H,2-5,8,11,17H2,1H3. The number of ether oxygens (including phenoxy) is 1. The van der Waals surface area contributed by atoms with Crippen LogP contribution < -0.4 is 16.0 Å². The SMILES string of the molecule is CCOc1cccc(C(CC2=CCCCC2)NN)c1. The van der Waals surface area contributed by atoms with E-state index in [1.807, 2.05) is 19.1 Å². The monoisotopic (exact) mass is 260 g/mol. The highest BCUT2D eigenvalue weighted by Gasteiger charge is 2.14. The molecule has 19 heavy (non-hydrogen) atoms. The maximum atomic E-state index is 5.73. The van der Waals surface area contributed by atoms with Crippen molar-refractivity contribution in [2.75, 3.05) is 6.61 Å². The minimum atomic E-state index is 0.171. The molecular formula is C16H24N2O. The maximum Gasteiger partial charge on any atom is 0.119 e. The molecule has 0 amide bonds. The molecule has 0 spiro atoms. The summed E-state index contributed by atoms with van der Waals surface area (Å²) < 4.78 is 5.55. The molecule has 1 aliphatic carbocycles. The Labute approximate surface area is 115 Å². The third-order valence-corrected chi connectivity index (χ3v) is 3.62. The van der Waals surface area contributed by atoms with E-state index in [2.05, 4.69) is 23.6 Å². The number of hydrogen-bond donors (Lipinski definition) is 2. The summed E-state index contributed by atoms with van der Waals surface area (Å²) in [5, 5.41) is 0. The molecule has 1 aromatic rings. The summed E-state index contributed by atoms with van der Waals surface area (Å²) >= 11 is 0. The number of rotatable bonds is 6. The van der Waals surface area contributed by atoms with E-state index in [0.717, 1.165) is 12.2 Å². The van der Waals surface area contributed by atoms with Gasteiger partial charge in [0.2, 0.25) is 0 Å². The topological polar surface area (TPSA) is 47.3 Å². The van der Waals surface area contributed by atoms with Crippen molar-refractivity contribution < 1.29 is 4.74 Å². The van der Waals surface area contributed by atoms with Gasteiger partial charge in [0.05, 0.1) is 6.61 Å². The van der Waals surface area contributed by atoms with E-state index in [1.54, 1.807) is 0 Å². The third-order valence-electron chi connectivity index (χ3n) is 3.62. The largest absolute Gasteiger partial charge is 0.494 e. The predicted molar refractivity (Wildman–Crippen MR) is 78.8 cm³/mol. The second-order valence-electron chi connectivity index (χ2n) is 5.04. The third kappa shape index (κ3) is 4.08. The molecule has 0 bridgehead atoms. The average molecular weight is 260 g/mol. The maximum absolute atomic E-state index is 5.73. The van der Waals surface area contributed by atoms with Gasteiger partial charge in [0.15, 0.2) is 0 Å². The van der Waals surface area contributed by atoms with Crippen molar-refractivity contribution in [3.05, 3.63) is 41.5 Å². The van der Waals surface area contributed by atoms with Crippen molar-refractivity contribution in [3.63, 3.8) is 0 Å². The van der Waals surface area contributed by atoms with E-state index in [1.165, 1.54) is 36.8 Å². The molecule has 1 aliphatic rings. The van der Waals surface area contributed by atoms with E-state index in [4.69, 9.17) is 10.6 Å². The van der Waals surface area contributed by atoms with Gasteiger partial charge in [0.25, 0.3) is 0 Å². The fourth-order valence-corrected chi connectivity index (χ4v) is 2.61. The molecule has 1 atom stereocenters. The number of nitrogens with two attached hydrogens (primary N) is 1. The van der Waals surface area contributed by atoms with E-state index in [-0.39, 0.29) is 6.04 Å². The molecule has 0 heterocycles. The van der Waals surface area contributed by atoms with Crippen molar-refractivity contribution in [2.24, 2.45) is 5.84 Å². The first kappa shape index (κ1) is 14.1. The highest BCUT2D eigenvalue weighted by molar-refractivity contribution is 5.31. The number of hydrazine groups is 1. The molecule has 0 aliphatic heterocycles. The lowest BCUT2D eigenvalue weighted by Gasteiger charge is -2.21. The molecule has 0 radical (unpaired) electrons. The zero-order chi connectivity index (χ0) is 13.5. The first-order valence-corrected chi connectivity index (χ1v) is 7.20. The Morgan fingerprint density at radius 1 is 1.37 bits per heavy atom. The summed E-state index contributed by atoms with van der Waals surface area (Å²) in [6, 6.07) is 8.37. The van der Waals surface area contributed by atoms with Crippen LogP contribution in [0.1, 0.15) is 50.6 Å². The number of hydrogen-bond acceptors (Lipinski definition) is 3. The van der Waals surface area contributed by atoms with Crippen LogP contribution >= 0.6 is 0 Å². The zero-order valence-corrected chi connectivity index (χ0v) is 11.7. The summed E-state index contributed by atoms with van der Waals surface area (Å²) in [6.45, 7) is 2.69. The Morgan fingerprint density at radius 3 is 2.95 bits per heavy atom. The fourth-order valence-electron chi connectivity index (χ4n) is 2.61. The second-order valence-corrected chi connectivity index (χ2v) is 5.04. The molecule has 1 unspecified atom stereocenters. The predicted octanol–water partition coefficient (Wildman–Crippen LogP) is 3.48. The van der Waals surface area contributed by atoms with E-state index in [9.17, 15) is 0 Å². The van der Waals surface area contributed by atoms with Gasteiger partial charge in [-0.25, -0.2) is 0 Å². The van der Waals surface area contributed by atoms with Gasteiger partial charge in [0, 0.05) is 6.04 Å². The molecule has 0 saturated heterocycles. The smallest absolute Gasteiger partial charge is 0.119 e. The van der Waals surface area contributed by atoms with Crippen LogP contribution in [0.2, 0.25) is 0 Å². The quantitative estimate of drug-likeness (QED) is 0.467. The van der Waals surface area contributed by atoms with Crippen molar-refractivity contribution in [3.8, 4) is 5.75 Å². The van der Waals surface area contributed by atoms with E-state index >= 15 is 0 Å². The van der Waals surface area contributed by atoms with E-state index < -0.39 is 0 Å². The van der Waals surface area contributed by atoms with Crippen LogP contribution in [0.15, 0.2) is 35.9 Å². The fraction of sp³-hybridized carbons (Fsp3) is 0.500. The van der Waals surface area contributed by atoms with Gasteiger partial charge in [-0.1, -0.05) is 23.8 Å². The van der Waals surface area contributed by atoms with Crippen LogP contribution in [0.5, 0.6) is 5.75 Å². The van der Waals surface area contributed by atoms with Gasteiger partial charge < -0.3 is 4.74 Å². The lowest BCUT2D eigenvalue weighted by atomic mass is 9.92. The van der Waals surface area contributed by atoms with Gasteiger partial charge in [-0.3, -0.25) is 11.3 Å². The van der Waals surface area contributed by atoms with Gasteiger partial charge >= 0.3 is 0 Å². The number of benzene rings is 1. The summed E-state index contributed by atoms with van der Waals surface area (Å²) in [5.41, 5.74) is 5.66. The molecule has 3 heteroatoms. The normalized spacial score (nSPS) is 16.8. The first-order chi connectivity index (χ1) is 9.33. The van der Waals surface area contributed by atoms with Gasteiger partial charge in [0.1, 0.15) is 5.75 Å². The van der Waals surface area contributed by atoms with Crippen LogP contribution in [0.4, 0.5) is 0 Å². The zero-order valence-electron chi connectivity index (χ0n) is 11.7. The molecular weight excluding hydrogens is 236 g/mol. The van der Waals surface area contributed by atoms with Crippen molar-refractivity contribution in [2.45, 2.75) is 45.1 Å². The van der Waals surface area contributed by atoms with E-state index in [0.29, 0.717) is 6.61 Å². The van der Waals surface area contributed by atoms with Crippen molar-refractivity contribution in [1.29, 1.82) is 0 Å². The van der Waals surface area contributed by atoms with Crippen LogP contribution in [0.25, 0.3) is 0 Å². The minimum Gasteiger partial charge on any atom is -0.494 e. The highest BCUT2D eigenvalue weighted by atomic mass is 16.5. The van der Waals surface area contributed by atoms with Gasteiger partial charge in [-0.2, -0.15) is 0 Å². The van der Waals surface area contributed by atoms with Crippen LogP contribution in [-0.4, -0.2) is 6.61 Å². The second kappa shape index (κ2) is 7.31. The number of allylic oxidation sites excluding steroid dienone is 1. The van der Waals surface area contributed by atoms with Crippen LogP contribution in [0.3, 0.4) is 0 Å². The summed E-state index contributed by atoms with van der Waals surface area (Å²) in [6.07, 6.45) is 8.42. The van der Waals surface area contributed by atoms with Crippen LogP contribution in [-0.2, 0) is 0 Å². The highest BCUT2D eigenvalue weighted by Crippen LogP contribution is 2.28. The minimum absolute atomic E-state index is 0.171. The summed E-state index contributed by atoms with van der Waals surface area (Å²) in [5.74, 6) is 6.64. The Morgan fingerprint density at radius 2 is 2.26 bits per heavy atom. The Hall–Kier alpha value is -1.32. The lowest BCUT2D eigenvalue weighted by Crippen LogP contribution is -2.28. The molecule has 3 N–H and O–H groups in total. The first-order valence-electron chi connectivity index (χ1n) is 7.20. The van der Waals surface area contributed by atoms with Gasteiger partial charge in [-0.15, -0.1) is 0 Å². The number of nitrogens with one attached hydrogen (secondary N) is 1. The molecule has 2 rings (SSSR count). The Bertz CT molecular complexity index is 429. The van der Waals surface area contributed by atoms with Crippen molar-refractivity contribution >= 4 is 0 Å².